The van der Waals surface area contributed by atoms with Crippen molar-refractivity contribution in [1.82, 2.24) is 19.7 Å². The van der Waals surface area contributed by atoms with Crippen molar-refractivity contribution in [3.8, 4) is 17.0 Å². The van der Waals surface area contributed by atoms with E-state index in [1.54, 1.807) is 6.07 Å². The molecule has 3 heterocycles. The van der Waals surface area contributed by atoms with Gasteiger partial charge in [0.1, 0.15) is 28.4 Å². The van der Waals surface area contributed by atoms with Crippen molar-refractivity contribution >= 4 is 33.1 Å². The number of methoxy groups -OCH3 is 1. The second-order valence-corrected chi connectivity index (χ2v) is 7.81. The van der Waals surface area contributed by atoms with E-state index >= 15 is 0 Å². The molecule has 0 aliphatic heterocycles. The van der Waals surface area contributed by atoms with Gasteiger partial charge < -0.3 is 10.1 Å². The highest BCUT2D eigenvalue weighted by atomic mass is 32.1. The first-order chi connectivity index (χ1) is 15.9. The molecular formula is C20H13F6N5O2S. The fraction of sp³-hybridized carbons (Fsp3) is 0.200. The first kappa shape index (κ1) is 23.5. The third-order valence-corrected chi connectivity index (χ3v) is 5.63. The van der Waals surface area contributed by atoms with Crippen molar-refractivity contribution < 1.29 is 35.9 Å². The van der Waals surface area contributed by atoms with E-state index in [2.05, 4.69) is 20.4 Å². The van der Waals surface area contributed by atoms with Crippen LogP contribution in [-0.2, 0) is 19.4 Å². The lowest BCUT2D eigenvalue weighted by atomic mass is 10.0. The molecule has 0 saturated heterocycles. The van der Waals surface area contributed by atoms with Gasteiger partial charge in [-0.25, -0.2) is 4.98 Å². The predicted octanol–water partition coefficient (Wildman–Crippen LogP) is 5.39. The second-order valence-electron chi connectivity index (χ2n) is 6.95. The number of carbonyl (C=O) groups is 1. The summed E-state index contributed by atoms with van der Waals surface area (Å²) < 4.78 is 87.6. The molecule has 0 saturated carbocycles. The van der Waals surface area contributed by atoms with Gasteiger partial charge in [-0.1, -0.05) is 0 Å². The van der Waals surface area contributed by atoms with Gasteiger partial charge in [0.2, 0.25) is 0 Å². The zero-order chi connectivity index (χ0) is 24.8. The number of hydrogen-bond donors (Lipinski definition) is 1. The summed E-state index contributed by atoms with van der Waals surface area (Å²) in [5, 5.41) is 6.01. The third-order valence-electron chi connectivity index (χ3n) is 4.75. The molecule has 7 nitrogen and oxygen atoms in total. The van der Waals surface area contributed by atoms with Crippen LogP contribution >= 0.6 is 11.3 Å². The highest BCUT2D eigenvalue weighted by molar-refractivity contribution is 7.17. The van der Waals surface area contributed by atoms with E-state index in [-0.39, 0.29) is 17.0 Å². The molecule has 4 rings (SSSR count). The lowest BCUT2D eigenvalue weighted by Gasteiger charge is -2.13. The van der Waals surface area contributed by atoms with E-state index < -0.39 is 40.9 Å². The number of hydrogen-bond acceptors (Lipinski definition) is 6. The van der Waals surface area contributed by atoms with Crippen LogP contribution in [-0.4, -0.2) is 32.8 Å². The Morgan fingerprint density at radius 2 is 1.82 bits per heavy atom. The molecule has 1 aromatic carbocycles. The highest BCUT2D eigenvalue weighted by Crippen LogP contribution is 2.43. The van der Waals surface area contributed by atoms with Gasteiger partial charge in [-0.2, -0.15) is 31.4 Å². The number of benzene rings is 1. The molecule has 1 amide bonds. The molecular weight excluding hydrogens is 488 g/mol. The first-order valence-corrected chi connectivity index (χ1v) is 10.2. The maximum atomic E-state index is 14.2. The number of nitrogens with zero attached hydrogens (tertiary/aromatic N) is 4. The number of alkyl halides is 6. The second kappa shape index (κ2) is 8.27. The first-order valence-electron chi connectivity index (χ1n) is 9.30. The van der Waals surface area contributed by atoms with Crippen LogP contribution in [0.3, 0.4) is 0 Å². The Morgan fingerprint density at radius 3 is 2.47 bits per heavy atom. The number of amides is 1. The highest BCUT2D eigenvalue weighted by Gasteiger charge is 2.43. The van der Waals surface area contributed by atoms with E-state index in [1.165, 1.54) is 18.7 Å². The molecule has 3 aromatic heterocycles. The van der Waals surface area contributed by atoms with E-state index in [0.717, 1.165) is 35.3 Å². The number of halogens is 6. The summed E-state index contributed by atoms with van der Waals surface area (Å²) in [5.41, 5.74) is -2.60. The summed E-state index contributed by atoms with van der Waals surface area (Å²) in [6.07, 6.45) is -9.04. The lowest BCUT2D eigenvalue weighted by molar-refractivity contribution is -0.141. The van der Waals surface area contributed by atoms with E-state index in [0.29, 0.717) is 16.3 Å². The standard InChI is InChI=1S/C20H13F6N5O2S/c1-31-16(18(32)29-9-3-4-27-13(5-9)19(21,22)23)14(20(24,25)26)15(30-31)11-6-10(33-2)7-12-17(11)34-8-28-12/h3-8H,1-2H3,(H,27,29,32). The van der Waals surface area contributed by atoms with Gasteiger partial charge in [-0.15, -0.1) is 11.3 Å². The average Bonchev–Trinajstić information content (AvgIpc) is 3.36. The largest absolute Gasteiger partial charge is 0.497 e. The molecule has 34 heavy (non-hydrogen) atoms. The van der Waals surface area contributed by atoms with Gasteiger partial charge in [-0.05, 0) is 18.2 Å². The van der Waals surface area contributed by atoms with Crippen LogP contribution in [0.4, 0.5) is 32.0 Å². The monoisotopic (exact) mass is 501 g/mol. The van der Waals surface area contributed by atoms with Gasteiger partial charge >= 0.3 is 12.4 Å². The summed E-state index contributed by atoms with van der Waals surface area (Å²) >= 11 is 1.08. The number of anilines is 1. The molecule has 0 radical (unpaired) electrons. The van der Waals surface area contributed by atoms with Gasteiger partial charge in [0.15, 0.2) is 0 Å². The Bertz CT molecular complexity index is 1390. The molecule has 14 heteroatoms. The van der Waals surface area contributed by atoms with Gasteiger partial charge in [-0.3, -0.25) is 14.5 Å². The van der Waals surface area contributed by atoms with Crippen LogP contribution in [0.1, 0.15) is 21.7 Å². The molecule has 1 N–H and O–H groups in total. The molecule has 0 bridgehead atoms. The molecule has 0 aliphatic rings. The number of fused-ring (bicyclic) bond motifs is 1. The van der Waals surface area contributed by atoms with Crippen molar-refractivity contribution in [2.24, 2.45) is 7.05 Å². The van der Waals surface area contributed by atoms with Crippen molar-refractivity contribution in [2.75, 3.05) is 12.4 Å². The Hall–Kier alpha value is -3.68. The third kappa shape index (κ3) is 4.27. The van der Waals surface area contributed by atoms with Crippen molar-refractivity contribution in [2.45, 2.75) is 12.4 Å². The van der Waals surface area contributed by atoms with Crippen LogP contribution in [0.5, 0.6) is 5.75 Å². The fourth-order valence-corrected chi connectivity index (χ4v) is 4.12. The number of nitrogens with one attached hydrogen (secondary N) is 1. The fourth-order valence-electron chi connectivity index (χ4n) is 3.33. The summed E-state index contributed by atoms with van der Waals surface area (Å²) in [4.78, 5) is 20.1. The molecule has 0 fully saturated rings. The topological polar surface area (TPSA) is 81.9 Å². The lowest BCUT2D eigenvalue weighted by Crippen LogP contribution is -2.21. The molecule has 4 aromatic rings. The van der Waals surface area contributed by atoms with E-state index in [1.807, 2.05) is 0 Å². The maximum absolute atomic E-state index is 14.2. The van der Waals surface area contributed by atoms with Gasteiger partial charge in [0.25, 0.3) is 5.91 Å². The number of rotatable bonds is 4. The quantitative estimate of drug-likeness (QED) is 0.379. The Morgan fingerprint density at radius 1 is 1.09 bits per heavy atom. The normalized spacial score (nSPS) is 12.2. The van der Waals surface area contributed by atoms with Crippen LogP contribution in [0.15, 0.2) is 36.0 Å². The Kier molecular flexibility index (Phi) is 5.71. The summed E-state index contributed by atoms with van der Waals surface area (Å²) in [7, 11) is 2.47. The molecule has 0 spiro atoms. The number of thiazole rings is 1. The van der Waals surface area contributed by atoms with Gasteiger partial charge in [0.05, 0.1) is 22.8 Å². The smallest absolute Gasteiger partial charge is 0.433 e. The Labute approximate surface area is 191 Å². The summed E-state index contributed by atoms with van der Waals surface area (Å²) in [6, 6.07) is 4.44. The molecule has 178 valence electrons. The van der Waals surface area contributed by atoms with E-state index in [4.69, 9.17) is 4.74 Å². The molecule has 0 atom stereocenters. The van der Waals surface area contributed by atoms with Crippen LogP contribution in [0, 0.1) is 0 Å². The maximum Gasteiger partial charge on any atom is 0.433 e. The number of carbonyl (C=O) groups excluding carboxylic acids is 1. The SMILES string of the molecule is COc1cc(-c2nn(C)c(C(=O)Nc3ccnc(C(F)(F)F)c3)c2C(F)(F)F)c2scnc2c1. The number of ether oxygens (including phenoxy) is 1. The minimum Gasteiger partial charge on any atom is -0.497 e. The van der Waals surface area contributed by atoms with Crippen LogP contribution in [0.25, 0.3) is 21.5 Å². The number of aryl methyl sites for hydroxylation is 1. The predicted molar refractivity (Wildman–Crippen MR) is 111 cm³/mol. The van der Waals surface area contributed by atoms with Crippen LogP contribution in [0.2, 0.25) is 0 Å². The summed E-state index contributed by atoms with van der Waals surface area (Å²) in [5.74, 6) is -1.06. The van der Waals surface area contributed by atoms with E-state index in [9.17, 15) is 31.1 Å². The average molecular weight is 501 g/mol. The van der Waals surface area contributed by atoms with Crippen LogP contribution < -0.4 is 10.1 Å². The Balaban J connectivity index is 1.85. The number of pyridine rings is 1. The van der Waals surface area contributed by atoms with Crippen molar-refractivity contribution in [3.05, 3.63) is 52.9 Å². The summed E-state index contributed by atoms with van der Waals surface area (Å²) in [6.45, 7) is 0. The zero-order valence-electron chi connectivity index (χ0n) is 17.2. The molecule has 0 unspecified atom stereocenters. The van der Waals surface area contributed by atoms with Crippen molar-refractivity contribution in [1.29, 1.82) is 0 Å². The zero-order valence-corrected chi connectivity index (χ0v) is 18.1. The van der Waals surface area contributed by atoms with Crippen molar-refractivity contribution in [3.63, 3.8) is 0 Å². The molecule has 0 aliphatic carbocycles. The minimum atomic E-state index is -5.02. The number of aromatic nitrogens is 4. The van der Waals surface area contributed by atoms with Gasteiger partial charge in [0, 0.05) is 30.6 Å². The minimum absolute atomic E-state index is 0.0436.